The van der Waals surface area contributed by atoms with E-state index in [2.05, 4.69) is 5.32 Å². The number of carboxylic acid groups (broad SMARTS) is 3. The van der Waals surface area contributed by atoms with Crippen LogP contribution in [0.1, 0.15) is 12.0 Å². The first-order chi connectivity index (χ1) is 11.5. The first kappa shape index (κ1) is 22.3. The van der Waals surface area contributed by atoms with Crippen molar-refractivity contribution in [3.05, 3.63) is 29.8 Å². The van der Waals surface area contributed by atoms with Crippen molar-refractivity contribution >= 4 is 17.9 Å². The van der Waals surface area contributed by atoms with Crippen LogP contribution in [0, 0.1) is 0 Å². The highest BCUT2D eigenvalue weighted by Crippen LogP contribution is 2.16. The Morgan fingerprint density at radius 3 is 2.00 bits per heavy atom. The molecular formula is C15H21NO9. The molecule has 0 heterocycles. The molecule has 2 unspecified atom stereocenters. The number of hydrogen-bond donors (Lipinski definition) is 7. The highest BCUT2D eigenvalue weighted by atomic mass is 16.4. The molecule has 25 heavy (non-hydrogen) atoms. The second-order valence-electron chi connectivity index (χ2n) is 5.06. The Morgan fingerprint density at radius 2 is 1.64 bits per heavy atom. The highest BCUT2D eigenvalue weighted by molar-refractivity contribution is 5.90. The van der Waals surface area contributed by atoms with Crippen molar-refractivity contribution in [2.75, 3.05) is 13.6 Å². The van der Waals surface area contributed by atoms with Crippen molar-refractivity contribution in [2.24, 2.45) is 0 Å². The van der Waals surface area contributed by atoms with E-state index in [1.54, 1.807) is 12.1 Å². The molecule has 10 heteroatoms. The van der Waals surface area contributed by atoms with Crippen LogP contribution in [0.2, 0.25) is 0 Å². The van der Waals surface area contributed by atoms with Gasteiger partial charge in [0.15, 0.2) is 6.10 Å². The van der Waals surface area contributed by atoms with Gasteiger partial charge in [0, 0.05) is 0 Å². The minimum atomic E-state index is -3.22. The summed E-state index contributed by atoms with van der Waals surface area (Å²) in [6.07, 6.45) is -3.09. The van der Waals surface area contributed by atoms with Gasteiger partial charge in [-0.05, 0) is 37.7 Å². The van der Waals surface area contributed by atoms with Crippen LogP contribution in [0.3, 0.4) is 0 Å². The normalized spacial score (nSPS) is 13.7. The monoisotopic (exact) mass is 359 g/mol. The number of aromatic hydroxyl groups is 1. The highest BCUT2D eigenvalue weighted by Gasteiger charge is 2.49. The van der Waals surface area contributed by atoms with E-state index in [1.807, 2.05) is 19.2 Å². The molecule has 0 fully saturated rings. The van der Waals surface area contributed by atoms with Gasteiger partial charge in [0.05, 0.1) is 6.42 Å². The van der Waals surface area contributed by atoms with Gasteiger partial charge in [-0.3, -0.25) is 4.79 Å². The summed E-state index contributed by atoms with van der Waals surface area (Å²) in [5.74, 6) is -5.54. The van der Waals surface area contributed by atoms with Crippen LogP contribution in [0.4, 0.5) is 0 Å². The molecule has 10 nitrogen and oxygen atoms in total. The van der Waals surface area contributed by atoms with Crippen LogP contribution in [-0.2, 0) is 20.8 Å². The summed E-state index contributed by atoms with van der Waals surface area (Å²) in [5.41, 5.74) is -1.98. The second kappa shape index (κ2) is 10.2. The van der Waals surface area contributed by atoms with Gasteiger partial charge < -0.3 is 36.0 Å². The summed E-state index contributed by atoms with van der Waals surface area (Å²) in [4.78, 5) is 30.7. The van der Waals surface area contributed by atoms with E-state index in [4.69, 9.17) is 30.6 Å². The Bertz CT molecular complexity index is 587. The van der Waals surface area contributed by atoms with Gasteiger partial charge in [-0.15, -0.1) is 0 Å². The number of nitrogens with one attached hydrogen (secondary N) is 1. The van der Waals surface area contributed by atoms with Crippen LogP contribution < -0.4 is 5.32 Å². The molecule has 0 aliphatic rings. The van der Waals surface area contributed by atoms with E-state index in [-0.39, 0.29) is 0 Å². The number of likely N-dealkylation sites (N-methyl/N-ethyl adjacent to an activating group) is 1. The van der Waals surface area contributed by atoms with Crippen LogP contribution in [-0.4, -0.2) is 73.8 Å². The third-order valence-electron chi connectivity index (χ3n) is 3.08. The molecular weight excluding hydrogens is 338 g/mol. The van der Waals surface area contributed by atoms with Crippen LogP contribution in [0.5, 0.6) is 5.75 Å². The molecule has 0 bridgehead atoms. The lowest BCUT2D eigenvalue weighted by atomic mass is 9.93. The summed E-state index contributed by atoms with van der Waals surface area (Å²) in [5, 5.41) is 54.7. The molecule has 2 atom stereocenters. The van der Waals surface area contributed by atoms with Gasteiger partial charge in [-0.25, -0.2) is 9.59 Å². The van der Waals surface area contributed by atoms with Crippen molar-refractivity contribution in [1.82, 2.24) is 5.32 Å². The minimum absolute atomic E-state index is 0.332. The summed E-state index contributed by atoms with van der Waals surface area (Å²) < 4.78 is 0. The number of phenols is 1. The first-order valence-corrected chi connectivity index (χ1v) is 7.05. The Balaban J connectivity index is 0.000000472. The largest absolute Gasteiger partial charge is 0.508 e. The Labute approximate surface area is 143 Å². The lowest BCUT2D eigenvalue weighted by Crippen LogP contribution is -2.54. The van der Waals surface area contributed by atoms with E-state index in [0.717, 1.165) is 13.0 Å². The summed E-state index contributed by atoms with van der Waals surface area (Å²) in [6.45, 7) is 0.977. The summed E-state index contributed by atoms with van der Waals surface area (Å²) in [7, 11) is 1.93. The fourth-order valence-corrected chi connectivity index (χ4v) is 1.66. The lowest BCUT2D eigenvalue weighted by molar-refractivity contribution is -0.187. The van der Waals surface area contributed by atoms with Gasteiger partial charge in [-0.2, -0.15) is 0 Å². The van der Waals surface area contributed by atoms with Crippen molar-refractivity contribution in [3.63, 3.8) is 0 Å². The molecule has 0 radical (unpaired) electrons. The maximum absolute atomic E-state index is 10.4. The Hall–Kier alpha value is -2.69. The zero-order chi connectivity index (χ0) is 19.6. The van der Waals surface area contributed by atoms with Crippen LogP contribution in [0.15, 0.2) is 24.3 Å². The fourth-order valence-electron chi connectivity index (χ4n) is 1.66. The standard InChI is InChI=1S/C9H13NO.C6H8O8/c1-10-7-6-8-2-4-9(11)5-3-8;7-2(8)1-6(14,5(12)13)3(9)4(10)11/h2-5,10-11H,6-7H2,1H3;3,9,14H,1H2,(H,7,8)(H,10,11)(H,12,13). The molecule has 140 valence electrons. The van der Waals surface area contributed by atoms with Crippen molar-refractivity contribution in [3.8, 4) is 5.75 Å². The maximum Gasteiger partial charge on any atom is 0.339 e. The number of hydrogen-bond acceptors (Lipinski definition) is 7. The van der Waals surface area contributed by atoms with Gasteiger partial charge in [0.25, 0.3) is 0 Å². The maximum atomic E-state index is 10.4. The quantitative estimate of drug-likeness (QED) is 0.300. The number of rotatable bonds is 8. The lowest BCUT2D eigenvalue weighted by Gasteiger charge is -2.23. The van der Waals surface area contributed by atoms with E-state index >= 15 is 0 Å². The average Bonchev–Trinajstić information content (AvgIpc) is 2.53. The van der Waals surface area contributed by atoms with Crippen molar-refractivity contribution < 1.29 is 45.0 Å². The van der Waals surface area contributed by atoms with Gasteiger partial charge in [0.2, 0.25) is 5.60 Å². The zero-order valence-corrected chi connectivity index (χ0v) is 13.4. The minimum Gasteiger partial charge on any atom is -0.508 e. The van der Waals surface area contributed by atoms with Gasteiger partial charge in [0.1, 0.15) is 5.75 Å². The molecule has 7 N–H and O–H groups in total. The van der Waals surface area contributed by atoms with E-state index in [1.165, 1.54) is 5.56 Å². The SMILES string of the molecule is CNCCc1ccc(O)cc1.O=C(O)CC(O)(C(=O)O)C(O)C(=O)O. The Kier molecular flexibility index (Phi) is 9.13. The third kappa shape index (κ3) is 7.61. The molecule has 0 aliphatic carbocycles. The van der Waals surface area contributed by atoms with Crippen molar-refractivity contribution in [1.29, 1.82) is 0 Å². The molecule has 0 saturated heterocycles. The van der Waals surface area contributed by atoms with E-state index < -0.39 is 36.0 Å². The van der Waals surface area contributed by atoms with E-state index in [9.17, 15) is 14.4 Å². The van der Waals surface area contributed by atoms with Gasteiger partial charge >= 0.3 is 17.9 Å². The number of carboxylic acids is 3. The number of carbonyl (C=O) groups is 3. The molecule has 0 saturated carbocycles. The second-order valence-corrected chi connectivity index (χ2v) is 5.06. The zero-order valence-electron chi connectivity index (χ0n) is 13.4. The topological polar surface area (TPSA) is 185 Å². The average molecular weight is 359 g/mol. The number of phenolic OH excluding ortho intramolecular Hbond substituents is 1. The molecule has 0 spiro atoms. The number of aliphatic carboxylic acids is 3. The summed E-state index contributed by atoms with van der Waals surface area (Å²) >= 11 is 0. The summed E-state index contributed by atoms with van der Waals surface area (Å²) in [6, 6.07) is 7.30. The smallest absolute Gasteiger partial charge is 0.339 e. The number of aliphatic hydroxyl groups excluding tert-OH is 1. The first-order valence-electron chi connectivity index (χ1n) is 7.05. The third-order valence-corrected chi connectivity index (χ3v) is 3.08. The molecule has 1 aromatic rings. The fraction of sp³-hybridized carbons (Fsp3) is 0.400. The Morgan fingerprint density at radius 1 is 1.12 bits per heavy atom. The van der Waals surface area contributed by atoms with Crippen LogP contribution in [0.25, 0.3) is 0 Å². The predicted octanol–water partition coefficient (Wildman–Crippen LogP) is -1.12. The van der Waals surface area contributed by atoms with Gasteiger partial charge in [-0.1, -0.05) is 12.1 Å². The number of aliphatic hydroxyl groups is 2. The van der Waals surface area contributed by atoms with Crippen LogP contribution >= 0.6 is 0 Å². The number of benzene rings is 1. The predicted molar refractivity (Wildman–Crippen MR) is 84.2 cm³/mol. The molecule has 0 aliphatic heterocycles. The molecule has 0 amide bonds. The molecule has 1 aromatic carbocycles. The van der Waals surface area contributed by atoms with E-state index in [0.29, 0.717) is 5.75 Å². The van der Waals surface area contributed by atoms with Crippen molar-refractivity contribution in [2.45, 2.75) is 24.5 Å². The molecule has 1 rings (SSSR count). The molecule has 0 aromatic heterocycles.